The summed E-state index contributed by atoms with van der Waals surface area (Å²) in [7, 11) is 0. The van der Waals surface area contributed by atoms with E-state index < -0.39 is 0 Å². The molecular weight excluding hydrogens is 238 g/mol. The van der Waals surface area contributed by atoms with Gasteiger partial charge < -0.3 is 5.32 Å². The second kappa shape index (κ2) is 5.31. The first-order valence-corrected chi connectivity index (χ1v) is 7.93. The molecule has 96 valence electrons. The average Bonchev–Trinajstić information content (AvgIpc) is 2.74. The summed E-state index contributed by atoms with van der Waals surface area (Å²) in [5.74, 6) is 0.913. The summed E-state index contributed by atoms with van der Waals surface area (Å²) in [6.45, 7) is 2.39. The number of benzene rings is 1. The van der Waals surface area contributed by atoms with Crippen LogP contribution in [0.5, 0.6) is 0 Å². The summed E-state index contributed by atoms with van der Waals surface area (Å²) in [6, 6.07) is 9.64. The van der Waals surface area contributed by atoms with Gasteiger partial charge >= 0.3 is 0 Å². The van der Waals surface area contributed by atoms with Crippen molar-refractivity contribution in [3.05, 3.63) is 29.6 Å². The van der Waals surface area contributed by atoms with Gasteiger partial charge in [-0.3, -0.25) is 0 Å². The quantitative estimate of drug-likeness (QED) is 0.723. The Balaban J connectivity index is 1.71. The number of fused-ring (bicyclic) bond motifs is 1. The molecule has 1 N–H and O–H groups in total. The fraction of sp³-hybridized carbons (Fsp3) is 0.500. The van der Waals surface area contributed by atoms with E-state index in [1.807, 2.05) is 11.3 Å². The molecule has 2 unspecified atom stereocenters. The molecule has 1 aliphatic rings. The predicted molar refractivity (Wildman–Crippen MR) is 81.5 cm³/mol. The van der Waals surface area contributed by atoms with Crippen molar-refractivity contribution in [1.29, 1.82) is 0 Å². The molecule has 0 aliphatic heterocycles. The molecule has 1 aromatic carbocycles. The molecule has 3 rings (SSSR count). The number of nitrogens with one attached hydrogen (secondary N) is 1. The third-order valence-corrected chi connectivity index (χ3v) is 4.98. The van der Waals surface area contributed by atoms with E-state index in [9.17, 15) is 0 Å². The molecule has 1 aromatic heterocycles. The average molecular weight is 259 g/mol. The normalized spacial score (nSPS) is 24.9. The first kappa shape index (κ1) is 12.0. The second-order valence-corrected chi connectivity index (χ2v) is 6.58. The van der Waals surface area contributed by atoms with Gasteiger partial charge in [-0.05, 0) is 60.2 Å². The van der Waals surface area contributed by atoms with Crippen molar-refractivity contribution < 1.29 is 0 Å². The summed E-state index contributed by atoms with van der Waals surface area (Å²) in [5.41, 5.74) is 1.29. The number of hydrogen-bond donors (Lipinski definition) is 1. The van der Waals surface area contributed by atoms with Crippen molar-refractivity contribution >= 4 is 27.1 Å². The minimum Gasteiger partial charge on any atom is -0.382 e. The van der Waals surface area contributed by atoms with Crippen LogP contribution in [0.4, 0.5) is 5.69 Å². The third kappa shape index (κ3) is 2.69. The Morgan fingerprint density at radius 3 is 3.00 bits per heavy atom. The van der Waals surface area contributed by atoms with E-state index >= 15 is 0 Å². The van der Waals surface area contributed by atoms with E-state index in [0.29, 0.717) is 6.04 Å². The largest absolute Gasteiger partial charge is 0.382 e. The maximum atomic E-state index is 3.73. The maximum Gasteiger partial charge on any atom is 0.0349 e. The summed E-state index contributed by atoms with van der Waals surface area (Å²) < 4.78 is 1.38. The smallest absolute Gasteiger partial charge is 0.0349 e. The molecule has 18 heavy (non-hydrogen) atoms. The zero-order valence-electron chi connectivity index (χ0n) is 11.0. The van der Waals surface area contributed by atoms with E-state index in [2.05, 4.69) is 41.9 Å². The molecule has 2 atom stereocenters. The Bertz CT molecular complexity index is 517. The number of thiophene rings is 1. The Labute approximate surface area is 113 Å². The minimum absolute atomic E-state index is 0.672. The van der Waals surface area contributed by atoms with Crippen LogP contribution in [0.1, 0.15) is 39.0 Å². The first-order chi connectivity index (χ1) is 8.81. The highest BCUT2D eigenvalue weighted by Gasteiger charge is 2.15. The highest BCUT2D eigenvalue weighted by atomic mass is 32.1. The van der Waals surface area contributed by atoms with Crippen molar-refractivity contribution in [2.45, 2.75) is 45.1 Å². The van der Waals surface area contributed by atoms with Gasteiger partial charge in [0.2, 0.25) is 0 Å². The number of hydrogen-bond acceptors (Lipinski definition) is 2. The van der Waals surface area contributed by atoms with E-state index in [1.54, 1.807) is 0 Å². The lowest BCUT2D eigenvalue weighted by atomic mass is 10.0. The van der Waals surface area contributed by atoms with Gasteiger partial charge in [-0.1, -0.05) is 19.8 Å². The molecule has 1 heterocycles. The fourth-order valence-electron chi connectivity index (χ4n) is 2.92. The molecule has 1 fully saturated rings. The number of rotatable bonds is 2. The van der Waals surface area contributed by atoms with Crippen LogP contribution in [0.3, 0.4) is 0 Å². The summed E-state index contributed by atoms with van der Waals surface area (Å²) in [5, 5.41) is 7.26. The molecule has 1 aliphatic carbocycles. The molecule has 1 saturated carbocycles. The van der Waals surface area contributed by atoms with E-state index in [4.69, 9.17) is 0 Å². The van der Waals surface area contributed by atoms with Crippen molar-refractivity contribution in [3.8, 4) is 0 Å². The Morgan fingerprint density at radius 1 is 1.11 bits per heavy atom. The molecule has 1 nitrogen and oxygen atoms in total. The van der Waals surface area contributed by atoms with Gasteiger partial charge in [0.15, 0.2) is 0 Å². The van der Waals surface area contributed by atoms with Gasteiger partial charge in [0.1, 0.15) is 0 Å². The van der Waals surface area contributed by atoms with Gasteiger partial charge in [0, 0.05) is 16.4 Å². The minimum atomic E-state index is 0.672. The SMILES string of the molecule is CC1CCCC(Nc2ccc3sccc3c2)CC1. The monoisotopic (exact) mass is 259 g/mol. The maximum absolute atomic E-state index is 3.73. The van der Waals surface area contributed by atoms with Crippen LogP contribution in [0.25, 0.3) is 10.1 Å². The molecule has 2 aromatic rings. The molecular formula is C16H21NS. The summed E-state index contributed by atoms with van der Waals surface area (Å²) in [6.07, 6.45) is 6.80. The molecule has 0 bridgehead atoms. The van der Waals surface area contributed by atoms with Gasteiger partial charge in [-0.15, -0.1) is 11.3 Å². The van der Waals surface area contributed by atoms with Crippen LogP contribution >= 0.6 is 11.3 Å². The Hall–Kier alpha value is -1.02. The molecule has 0 spiro atoms. The van der Waals surface area contributed by atoms with Crippen LogP contribution in [0.2, 0.25) is 0 Å². The van der Waals surface area contributed by atoms with Crippen LogP contribution in [0, 0.1) is 5.92 Å². The van der Waals surface area contributed by atoms with Crippen molar-refractivity contribution in [2.75, 3.05) is 5.32 Å². The van der Waals surface area contributed by atoms with Crippen LogP contribution in [0.15, 0.2) is 29.6 Å². The van der Waals surface area contributed by atoms with Crippen molar-refractivity contribution in [2.24, 2.45) is 5.92 Å². The highest BCUT2D eigenvalue weighted by Crippen LogP contribution is 2.28. The topological polar surface area (TPSA) is 12.0 Å². The van der Waals surface area contributed by atoms with Crippen molar-refractivity contribution in [1.82, 2.24) is 0 Å². The van der Waals surface area contributed by atoms with Gasteiger partial charge in [0.25, 0.3) is 0 Å². The van der Waals surface area contributed by atoms with E-state index in [-0.39, 0.29) is 0 Å². The Kier molecular flexibility index (Phi) is 3.55. The summed E-state index contributed by atoms with van der Waals surface area (Å²) >= 11 is 1.82. The lowest BCUT2D eigenvalue weighted by Crippen LogP contribution is -2.18. The zero-order chi connectivity index (χ0) is 12.4. The third-order valence-electron chi connectivity index (χ3n) is 4.08. The molecule has 0 amide bonds. The van der Waals surface area contributed by atoms with Gasteiger partial charge in [-0.2, -0.15) is 0 Å². The molecule has 0 saturated heterocycles. The highest BCUT2D eigenvalue weighted by molar-refractivity contribution is 7.17. The zero-order valence-corrected chi connectivity index (χ0v) is 11.8. The van der Waals surface area contributed by atoms with Gasteiger partial charge in [-0.25, -0.2) is 0 Å². The molecule has 2 heteroatoms. The standard InChI is InChI=1S/C16H21NS/c1-12-3-2-4-14(6-5-12)17-15-7-8-16-13(11-15)9-10-18-16/h7-12,14,17H,2-6H2,1H3. The van der Waals surface area contributed by atoms with E-state index in [0.717, 1.165) is 5.92 Å². The number of anilines is 1. The lowest BCUT2D eigenvalue weighted by Gasteiger charge is -2.17. The molecule has 0 radical (unpaired) electrons. The lowest BCUT2D eigenvalue weighted by molar-refractivity contribution is 0.502. The summed E-state index contributed by atoms with van der Waals surface area (Å²) in [4.78, 5) is 0. The van der Waals surface area contributed by atoms with Gasteiger partial charge in [0.05, 0.1) is 0 Å². The van der Waals surface area contributed by atoms with Crippen LogP contribution in [-0.4, -0.2) is 6.04 Å². The van der Waals surface area contributed by atoms with Crippen molar-refractivity contribution in [3.63, 3.8) is 0 Å². The predicted octanol–water partition coefficient (Wildman–Crippen LogP) is 5.28. The first-order valence-electron chi connectivity index (χ1n) is 7.05. The van der Waals surface area contributed by atoms with Crippen LogP contribution < -0.4 is 5.32 Å². The second-order valence-electron chi connectivity index (χ2n) is 5.63. The Morgan fingerprint density at radius 2 is 2.06 bits per heavy atom. The van der Waals surface area contributed by atoms with Crippen LogP contribution in [-0.2, 0) is 0 Å². The fourth-order valence-corrected chi connectivity index (χ4v) is 3.69. The van der Waals surface area contributed by atoms with E-state index in [1.165, 1.54) is 47.9 Å².